The second-order valence-electron chi connectivity index (χ2n) is 7.92. The van der Waals surface area contributed by atoms with Gasteiger partial charge in [-0.15, -0.1) is 0 Å². The molecule has 0 aliphatic rings. The Balaban J connectivity index is 2.49. The van der Waals surface area contributed by atoms with Gasteiger partial charge in [-0.1, -0.05) is 45.8 Å². The van der Waals surface area contributed by atoms with Crippen LogP contribution in [-0.2, 0) is 5.41 Å². The minimum Gasteiger partial charge on any atom is -0.496 e. The SMILES string of the molecule is COc1ccc(C(C)(C)CC(C)(C)C)cc1-c1cc(C(=O)O)on1. The van der Waals surface area contributed by atoms with E-state index in [9.17, 15) is 4.79 Å². The summed E-state index contributed by atoms with van der Waals surface area (Å²) in [4.78, 5) is 11.0. The molecule has 0 fully saturated rings. The third kappa shape index (κ3) is 3.96. The summed E-state index contributed by atoms with van der Waals surface area (Å²) in [6.07, 6.45) is 1.00. The fourth-order valence-electron chi connectivity index (χ4n) is 3.26. The molecule has 0 saturated heterocycles. The Kier molecular flexibility index (Phi) is 4.74. The van der Waals surface area contributed by atoms with Gasteiger partial charge >= 0.3 is 5.97 Å². The van der Waals surface area contributed by atoms with Crippen LogP contribution in [-0.4, -0.2) is 23.3 Å². The van der Waals surface area contributed by atoms with Crippen LogP contribution in [0.1, 0.15) is 57.2 Å². The van der Waals surface area contributed by atoms with Gasteiger partial charge in [0.05, 0.1) is 7.11 Å². The van der Waals surface area contributed by atoms with Gasteiger partial charge in [0.2, 0.25) is 5.76 Å². The molecule has 130 valence electrons. The van der Waals surface area contributed by atoms with Crippen LogP contribution in [0.15, 0.2) is 28.8 Å². The fourth-order valence-corrected chi connectivity index (χ4v) is 3.26. The van der Waals surface area contributed by atoms with E-state index in [-0.39, 0.29) is 16.6 Å². The van der Waals surface area contributed by atoms with E-state index in [1.807, 2.05) is 18.2 Å². The van der Waals surface area contributed by atoms with Crippen molar-refractivity contribution in [3.63, 3.8) is 0 Å². The predicted molar refractivity (Wildman–Crippen MR) is 92.5 cm³/mol. The first kappa shape index (κ1) is 18.0. The molecule has 5 heteroatoms. The Bertz CT molecular complexity index is 738. The van der Waals surface area contributed by atoms with E-state index in [0.29, 0.717) is 11.4 Å². The van der Waals surface area contributed by atoms with E-state index < -0.39 is 5.97 Å². The van der Waals surface area contributed by atoms with Crippen molar-refractivity contribution in [3.8, 4) is 17.0 Å². The highest BCUT2D eigenvalue weighted by Gasteiger charge is 2.28. The molecule has 0 aliphatic carbocycles. The Morgan fingerprint density at radius 2 is 1.88 bits per heavy atom. The van der Waals surface area contributed by atoms with Crippen molar-refractivity contribution >= 4 is 5.97 Å². The second-order valence-corrected chi connectivity index (χ2v) is 7.92. The van der Waals surface area contributed by atoms with Gasteiger partial charge in [0.1, 0.15) is 11.4 Å². The maximum absolute atomic E-state index is 11.0. The van der Waals surface area contributed by atoms with E-state index in [2.05, 4.69) is 39.8 Å². The molecule has 0 bridgehead atoms. The molecule has 0 spiro atoms. The summed E-state index contributed by atoms with van der Waals surface area (Å²) in [6, 6.07) is 7.37. The summed E-state index contributed by atoms with van der Waals surface area (Å²) < 4.78 is 10.3. The number of methoxy groups -OCH3 is 1. The van der Waals surface area contributed by atoms with E-state index in [1.54, 1.807) is 7.11 Å². The van der Waals surface area contributed by atoms with Crippen molar-refractivity contribution in [1.29, 1.82) is 0 Å². The van der Waals surface area contributed by atoms with Crippen molar-refractivity contribution < 1.29 is 19.2 Å². The van der Waals surface area contributed by atoms with Gasteiger partial charge < -0.3 is 14.4 Å². The van der Waals surface area contributed by atoms with Gasteiger partial charge in [-0.3, -0.25) is 0 Å². The fraction of sp³-hybridized carbons (Fsp3) is 0.474. The van der Waals surface area contributed by atoms with Gasteiger partial charge in [0.15, 0.2) is 0 Å². The maximum Gasteiger partial charge on any atom is 0.374 e. The number of carboxylic acids is 1. The summed E-state index contributed by atoms with van der Waals surface area (Å²) in [7, 11) is 1.58. The zero-order valence-corrected chi connectivity index (χ0v) is 15.1. The van der Waals surface area contributed by atoms with Crippen molar-refractivity contribution in [3.05, 3.63) is 35.6 Å². The lowest BCUT2D eigenvalue weighted by Gasteiger charge is -2.33. The summed E-state index contributed by atoms with van der Waals surface area (Å²) >= 11 is 0. The average Bonchev–Trinajstić information content (AvgIpc) is 2.94. The zero-order chi connectivity index (χ0) is 18.1. The third-order valence-electron chi connectivity index (χ3n) is 3.95. The maximum atomic E-state index is 11.0. The number of hydrogen-bond donors (Lipinski definition) is 1. The Labute approximate surface area is 142 Å². The minimum atomic E-state index is -1.14. The number of hydrogen-bond acceptors (Lipinski definition) is 4. The molecule has 0 saturated carbocycles. The lowest BCUT2D eigenvalue weighted by atomic mass is 9.72. The highest BCUT2D eigenvalue weighted by molar-refractivity contribution is 5.86. The number of benzene rings is 1. The van der Waals surface area contributed by atoms with Gasteiger partial charge in [0, 0.05) is 11.6 Å². The Hall–Kier alpha value is -2.30. The van der Waals surface area contributed by atoms with Crippen LogP contribution < -0.4 is 4.74 Å². The van der Waals surface area contributed by atoms with Crippen LogP contribution in [0.3, 0.4) is 0 Å². The van der Waals surface area contributed by atoms with Gasteiger partial charge in [-0.2, -0.15) is 0 Å². The van der Waals surface area contributed by atoms with Gasteiger partial charge in [-0.25, -0.2) is 4.79 Å². The van der Waals surface area contributed by atoms with Crippen molar-refractivity contribution in [2.75, 3.05) is 7.11 Å². The Morgan fingerprint density at radius 3 is 2.38 bits per heavy atom. The number of aromatic nitrogens is 1. The van der Waals surface area contributed by atoms with Crippen LogP contribution in [0.25, 0.3) is 11.3 Å². The number of carbonyl (C=O) groups is 1. The molecule has 1 heterocycles. The van der Waals surface area contributed by atoms with Crippen LogP contribution in [0.2, 0.25) is 0 Å². The first-order valence-electron chi connectivity index (χ1n) is 7.92. The first-order chi connectivity index (χ1) is 11.0. The van der Waals surface area contributed by atoms with Crippen LogP contribution >= 0.6 is 0 Å². The summed E-state index contributed by atoms with van der Waals surface area (Å²) in [5, 5.41) is 12.9. The molecule has 1 N–H and O–H groups in total. The summed E-state index contributed by atoms with van der Waals surface area (Å²) in [6.45, 7) is 11.1. The smallest absolute Gasteiger partial charge is 0.374 e. The van der Waals surface area contributed by atoms with Crippen LogP contribution in [0.5, 0.6) is 5.75 Å². The minimum absolute atomic E-state index is 0.0430. The second kappa shape index (κ2) is 6.30. The number of carboxylic acid groups (broad SMARTS) is 1. The standard InChI is InChI=1S/C19H25NO4/c1-18(2,3)11-19(4,5)12-7-8-15(23-6)13(9-12)14-10-16(17(21)22)24-20-14/h7-10H,11H2,1-6H3,(H,21,22). The van der Waals surface area contributed by atoms with Crippen LogP contribution in [0, 0.1) is 5.41 Å². The lowest BCUT2D eigenvalue weighted by Crippen LogP contribution is -2.24. The van der Waals surface area contributed by atoms with Gasteiger partial charge in [-0.05, 0) is 34.9 Å². The third-order valence-corrected chi connectivity index (χ3v) is 3.95. The summed E-state index contributed by atoms with van der Waals surface area (Å²) in [5.74, 6) is -0.695. The molecule has 1 aromatic heterocycles. The molecule has 24 heavy (non-hydrogen) atoms. The Morgan fingerprint density at radius 1 is 1.21 bits per heavy atom. The molecular formula is C19H25NO4. The van der Waals surface area contributed by atoms with Crippen molar-refractivity contribution in [2.45, 2.75) is 46.5 Å². The molecule has 0 amide bonds. The predicted octanol–water partition coefficient (Wildman–Crippen LogP) is 4.76. The molecule has 2 aromatic rings. The molecule has 0 atom stereocenters. The van der Waals surface area contributed by atoms with E-state index >= 15 is 0 Å². The van der Waals surface area contributed by atoms with E-state index in [4.69, 9.17) is 14.4 Å². The molecule has 0 aliphatic heterocycles. The quantitative estimate of drug-likeness (QED) is 0.855. The number of ether oxygens (including phenoxy) is 1. The molecule has 0 radical (unpaired) electrons. The van der Waals surface area contributed by atoms with Crippen molar-refractivity contribution in [2.24, 2.45) is 5.41 Å². The first-order valence-corrected chi connectivity index (χ1v) is 7.92. The molecule has 0 unspecified atom stereocenters. The van der Waals surface area contributed by atoms with Crippen molar-refractivity contribution in [1.82, 2.24) is 5.16 Å². The van der Waals surface area contributed by atoms with E-state index in [0.717, 1.165) is 17.5 Å². The van der Waals surface area contributed by atoms with Gasteiger partial charge in [0.25, 0.3) is 0 Å². The normalized spacial score (nSPS) is 12.2. The topological polar surface area (TPSA) is 72.6 Å². The molecule has 5 nitrogen and oxygen atoms in total. The lowest BCUT2D eigenvalue weighted by molar-refractivity contribution is 0.0652. The highest BCUT2D eigenvalue weighted by atomic mass is 16.5. The number of rotatable bonds is 5. The van der Waals surface area contributed by atoms with E-state index in [1.165, 1.54) is 6.07 Å². The number of nitrogens with zero attached hydrogens (tertiary/aromatic N) is 1. The molecule has 1 aromatic carbocycles. The number of aromatic carboxylic acids is 1. The largest absolute Gasteiger partial charge is 0.496 e. The van der Waals surface area contributed by atoms with Crippen LogP contribution in [0.4, 0.5) is 0 Å². The monoisotopic (exact) mass is 331 g/mol. The average molecular weight is 331 g/mol. The highest BCUT2D eigenvalue weighted by Crippen LogP contribution is 2.39. The molecule has 2 rings (SSSR count). The summed E-state index contributed by atoms with van der Waals surface area (Å²) in [5.41, 5.74) is 2.48. The zero-order valence-electron chi connectivity index (χ0n) is 15.1. The molecular weight excluding hydrogens is 306 g/mol.